The van der Waals surface area contributed by atoms with E-state index in [4.69, 9.17) is 10.5 Å². The number of benzene rings is 2. The van der Waals surface area contributed by atoms with E-state index in [1.165, 1.54) is 0 Å². The number of hydrogen-bond acceptors (Lipinski definition) is 3. The van der Waals surface area contributed by atoms with Gasteiger partial charge in [-0.1, -0.05) is 43.3 Å². The molecule has 0 radical (unpaired) electrons. The lowest BCUT2D eigenvalue weighted by atomic mass is 9.96. The molecule has 2 aromatic rings. The smallest absolute Gasteiger partial charge is 0.220 e. The van der Waals surface area contributed by atoms with Gasteiger partial charge in [0, 0.05) is 29.4 Å². The average molecular weight is 322 g/mol. The highest BCUT2D eigenvalue weighted by Gasteiger charge is 2.21. The fourth-order valence-electron chi connectivity index (χ4n) is 2.94. The van der Waals surface area contributed by atoms with Crippen molar-refractivity contribution in [3.8, 4) is 0 Å². The number of nitrogens with one attached hydrogen (secondary N) is 1. The minimum absolute atomic E-state index is 0.0587. The molecule has 0 spiro atoms. The fraction of sp³-hybridized carbons (Fsp3) is 0.250. The Labute approximate surface area is 141 Å². The van der Waals surface area contributed by atoms with Crippen LogP contribution in [0.3, 0.4) is 0 Å². The van der Waals surface area contributed by atoms with E-state index in [1.807, 2.05) is 55.5 Å². The van der Waals surface area contributed by atoms with Gasteiger partial charge in [-0.15, -0.1) is 0 Å². The molecule has 3 rings (SSSR count). The minimum Gasteiger partial charge on any atom is -0.488 e. The Hall–Kier alpha value is -2.75. The summed E-state index contributed by atoms with van der Waals surface area (Å²) in [7, 11) is 0. The maximum absolute atomic E-state index is 11.9. The van der Waals surface area contributed by atoms with Crippen molar-refractivity contribution in [1.82, 2.24) is 5.32 Å². The summed E-state index contributed by atoms with van der Waals surface area (Å²) < 4.78 is 5.98. The average Bonchev–Trinajstić information content (AvgIpc) is 2.60. The Morgan fingerprint density at radius 2 is 2.00 bits per heavy atom. The lowest BCUT2D eigenvalue weighted by Gasteiger charge is -2.24. The van der Waals surface area contributed by atoms with Crippen molar-refractivity contribution in [2.75, 3.05) is 12.3 Å². The second-order valence-corrected chi connectivity index (χ2v) is 5.94. The van der Waals surface area contributed by atoms with E-state index >= 15 is 0 Å². The summed E-state index contributed by atoms with van der Waals surface area (Å²) in [6.45, 7) is 2.46. The number of nitrogen functional groups attached to an aromatic ring is 1. The number of amides is 1. The standard InChI is InChI=1S/C20H22N2O2/c1-2-6-19(23)22-12-18-17-10-9-16(21)11-15(17)13-24-20(18)14-7-4-3-5-8-14/h3-5,7-11,13,20H,2,6,12,21H2,1H3,(H,22,23). The predicted molar refractivity (Wildman–Crippen MR) is 96.2 cm³/mol. The largest absolute Gasteiger partial charge is 0.488 e. The first-order chi connectivity index (χ1) is 11.7. The van der Waals surface area contributed by atoms with Gasteiger partial charge in [0.25, 0.3) is 0 Å². The molecule has 3 N–H and O–H groups in total. The molecule has 0 saturated heterocycles. The highest BCUT2D eigenvalue weighted by atomic mass is 16.5. The molecule has 1 amide bonds. The number of anilines is 1. The van der Waals surface area contributed by atoms with E-state index in [-0.39, 0.29) is 12.0 Å². The van der Waals surface area contributed by atoms with Gasteiger partial charge < -0.3 is 15.8 Å². The van der Waals surface area contributed by atoms with Crippen LogP contribution < -0.4 is 21.5 Å². The van der Waals surface area contributed by atoms with Gasteiger partial charge in [0.05, 0.1) is 6.26 Å². The Morgan fingerprint density at radius 3 is 2.75 bits per heavy atom. The number of hydrogen-bond donors (Lipinski definition) is 2. The molecular formula is C20H22N2O2. The molecule has 4 nitrogen and oxygen atoms in total. The van der Waals surface area contributed by atoms with Crippen molar-refractivity contribution in [3.05, 3.63) is 64.5 Å². The Balaban J connectivity index is 2.02. The summed E-state index contributed by atoms with van der Waals surface area (Å²) in [5, 5.41) is 5.02. The SMILES string of the molecule is CCCC(=O)NCC1=c2ccc(N)cc2=COC1c1ccccc1. The van der Waals surface area contributed by atoms with Gasteiger partial charge in [-0.3, -0.25) is 4.79 Å². The van der Waals surface area contributed by atoms with Crippen molar-refractivity contribution in [1.29, 1.82) is 0 Å². The summed E-state index contributed by atoms with van der Waals surface area (Å²) in [6, 6.07) is 15.8. The van der Waals surface area contributed by atoms with Crippen molar-refractivity contribution >= 4 is 23.4 Å². The molecule has 124 valence electrons. The van der Waals surface area contributed by atoms with Crippen LogP contribution in [0.4, 0.5) is 5.69 Å². The van der Waals surface area contributed by atoms with Crippen molar-refractivity contribution < 1.29 is 9.53 Å². The third-order valence-corrected chi connectivity index (χ3v) is 4.12. The molecule has 1 unspecified atom stereocenters. The number of fused-ring (bicyclic) bond motifs is 1. The van der Waals surface area contributed by atoms with Crippen molar-refractivity contribution in [3.63, 3.8) is 0 Å². The summed E-state index contributed by atoms with van der Waals surface area (Å²) in [4.78, 5) is 11.9. The number of rotatable bonds is 5. The van der Waals surface area contributed by atoms with Crippen LogP contribution in [0, 0.1) is 0 Å². The third kappa shape index (κ3) is 3.43. The molecule has 2 aromatic carbocycles. The lowest BCUT2D eigenvalue weighted by Crippen LogP contribution is -2.38. The highest BCUT2D eigenvalue weighted by Crippen LogP contribution is 2.27. The van der Waals surface area contributed by atoms with Crippen LogP contribution in [-0.2, 0) is 9.53 Å². The number of carbonyl (C=O) groups excluding carboxylic acids is 1. The van der Waals surface area contributed by atoms with Crippen LogP contribution in [0.15, 0.2) is 48.5 Å². The van der Waals surface area contributed by atoms with Crippen LogP contribution in [0.2, 0.25) is 0 Å². The molecule has 0 fully saturated rings. The second kappa shape index (κ2) is 7.21. The first kappa shape index (κ1) is 16.1. The van der Waals surface area contributed by atoms with E-state index in [9.17, 15) is 4.79 Å². The van der Waals surface area contributed by atoms with Gasteiger partial charge in [0.2, 0.25) is 5.91 Å². The van der Waals surface area contributed by atoms with E-state index in [1.54, 1.807) is 6.26 Å². The zero-order valence-corrected chi connectivity index (χ0v) is 13.8. The van der Waals surface area contributed by atoms with Gasteiger partial charge in [0.1, 0.15) is 6.10 Å². The van der Waals surface area contributed by atoms with Gasteiger partial charge >= 0.3 is 0 Å². The van der Waals surface area contributed by atoms with Crippen molar-refractivity contribution in [2.24, 2.45) is 0 Å². The van der Waals surface area contributed by atoms with Gasteiger partial charge in [-0.25, -0.2) is 0 Å². The van der Waals surface area contributed by atoms with Crippen molar-refractivity contribution in [2.45, 2.75) is 25.9 Å². The predicted octanol–water partition coefficient (Wildman–Crippen LogP) is 1.85. The monoisotopic (exact) mass is 322 g/mol. The zero-order chi connectivity index (χ0) is 16.9. The first-order valence-electron chi connectivity index (χ1n) is 8.25. The fourth-order valence-corrected chi connectivity index (χ4v) is 2.94. The van der Waals surface area contributed by atoms with Crippen LogP contribution in [0.5, 0.6) is 0 Å². The van der Waals surface area contributed by atoms with Gasteiger partial charge in [0.15, 0.2) is 0 Å². The first-order valence-corrected chi connectivity index (χ1v) is 8.25. The zero-order valence-electron chi connectivity index (χ0n) is 13.8. The third-order valence-electron chi connectivity index (χ3n) is 4.12. The van der Waals surface area contributed by atoms with E-state index in [2.05, 4.69) is 5.32 Å². The minimum atomic E-state index is -0.204. The molecule has 24 heavy (non-hydrogen) atoms. The molecule has 1 aliphatic rings. The Kier molecular flexibility index (Phi) is 4.85. The quantitative estimate of drug-likeness (QED) is 0.826. The van der Waals surface area contributed by atoms with E-state index < -0.39 is 0 Å². The van der Waals surface area contributed by atoms with Gasteiger partial charge in [-0.05, 0) is 29.3 Å². The van der Waals surface area contributed by atoms with Crippen LogP contribution in [0.1, 0.15) is 31.4 Å². The molecule has 1 atom stereocenters. The van der Waals surface area contributed by atoms with E-state index in [0.29, 0.717) is 18.7 Å². The summed E-state index contributed by atoms with van der Waals surface area (Å²) in [6.07, 6.45) is 2.91. The molecule has 0 saturated carbocycles. The number of ether oxygens (including phenoxy) is 1. The Morgan fingerprint density at radius 1 is 1.21 bits per heavy atom. The van der Waals surface area contributed by atoms with E-state index in [0.717, 1.165) is 28.0 Å². The molecular weight excluding hydrogens is 300 g/mol. The highest BCUT2D eigenvalue weighted by molar-refractivity contribution is 5.77. The van der Waals surface area contributed by atoms with Crippen LogP contribution in [0.25, 0.3) is 11.8 Å². The van der Waals surface area contributed by atoms with Crippen LogP contribution >= 0.6 is 0 Å². The molecule has 0 aliphatic carbocycles. The topological polar surface area (TPSA) is 64.4 Å². The Bertz CT molecular complexity index is 844. The summed E-state index contributed by atoms with van der Waals surface area (Å²) in [5.41, 5.74) is 8.69. The van der Waals surface area contributed by atoms with Gasteiger partial charge in [-0.2, -0.15) is 0 Å². The molecule has 0 aromatic heterocycles. The summed E-state index contributed by atoms with van der Waals surface area (Å²) in [5.74, 6) is 0.0587. The normalized spacial score (nSPS) is 15.9. The summed E-state index contributed by atoms with van der Waals surface area (Å²) >= 11 is 0. The van der Waals surface area contributed by atoms with Crippen LogP contribution in [-0.4, -0.2) is 12.5 Å². The number of nitrogens with two attached hydrogens (primary N) is 1. The second-order valence-electron chi connectivity index (χ2n) is 5.94. The number of carbonyl (C=O) groups is 1. The molecule has 4 heteroatoms. The maximum Gasteiger partial charge on any atom is 0.220 e. The maximum atomic E-state index is 11.9. The molecule has 1 aliphatic heterocycles. The lowest BCUT2D eigenvalue weighted by molar-refractivity contribution is -0.120. The molecule has 1 heterocycles. The molecule has 0 bridgehead atoms.